The van der Waals surface area contributed by atoms with E-state index in [0.29, 0.717) is 5.54 Å². The smallest absolute Gasteiger partial charge is 0.0309 e. The molecule has 0 bridgehead atoms. The van der Waals surface area contributed by atoms with Crippen molar-refractivity contribution >= 4 is 0 Å². The first-order chi connectivity index (χ1) is 7.67. The Morgan fingerprint density at radius 1 is 1.25 bits per heavy atom. The summed E-state index contributed by atoms with van der Waals surface area (Å²) >= 11 is 0. The molecule has 0 aromatic rings. The molecule has 1 aliphatic heterocycles. The standard InChI is InChI=1S/C14H28N2/c1-4-12(2)13(3)16-10-9-15-14(11-16)7-5-6-8-14/h12-13,15H,4-11H2,1-3H3. The average molecular weight is 224 g/mol. The van der Waals surface area contributed by atoms with Crippen LogP contribution in [0.4, 0.5) is 0 Å². The van der Waals surface area contributed by atoms with E-state index in [-0.39, 0.29) is 0 Å². The van der Waals surface area contributed by atoms with Crippen molar-refractivity contribution in [3.63, 3.8) is 0 Å². The predicted octanol–water partition coefficient (Wildman–Crippen LogP) is 2.64. The fourth-order valence-corrected chi connectivity index (χ4v) is 3.42. The van der Waals surface area contributed by atoms with Crippen molar-refractivity contribution < 1.29 is 0 Å². The van der Waals surface area contributed by atoms with Crippen molar-refractivity contribution in [1.29, 1.82) is 0 Å². The van der Waals surface area contributed by atoms with Crippen LogP contribution in [0.25, 0.3) is 0 Å². The summed E-state index contributed by atoms with van der Waals surface area (Å²) < 4.78 is 0. The van der Waals surface area contributed by atoms with Crippen LogP contribution in [0.5, 0.6) is 0 Å². The molecule has 0 aromatic carbocycles. The number of nitrogens with zero attached hydrogens (tertiary/aromatic N) is 1. The summed E-state index contributed by atoms with van der Waals surface area (Å²) in [6, 6.07) is 0.754. The highest BCUT2D eigenvalue weighted by molar-refractivity contribution is 4.99. The van der Waals surface area contributed by atoms with Gasteiger partial charge in [-0.1, -0.05) is 33.1 Å². The molecule has 0 aromatic heterocycles. The number of hydrogen-bond donors (Lipinski definition) is 1. The topological polar surface area (TPSA) is 15.3 Å². The molecule has 1 heterocycles. The molecule has 0 radical (unpaired) electrons. The van der Waals surface area contributed by atoms with Crippen LogP contribution in [0.3, 0.4) is 0 Å². The molecule has 2 heteroatoms. The quantitative estimate of drug-likeness (QED) is 0.793. The minimum Gasteiger partial charge on any atom is -0.309 e. The highest BCUT2D eigenvalue weighted by Gasteiger charge is 2.39. The van der Waals surface area contributed by atoms with Crippen LogP contribution in [-0.2, 0) is 0 Å². The van der Waals surface area contributed by atoms with Gasteiger partial charge < -0.3 is 5.32 Å². The summed E-state index contributed by atoms with van der Waals surface area (Å²) in [4.78, 5) is 2.73. The average Bonchev–Trinajstić information content (AvgIpc) is 2.75. The number of rotatable bonds is 3. The number of piperazine rings is 1. The Morgan fingerprint density at radius 2 is 1.94 bits per heavy atom. The lowest BCUT2D eigenvalue weighted by Gasteiger charge is -2.45. The molecule has 2 nitrogen and oxygen atoms in total. The highest BCUT2D eigenvalue weighted by atomic mass is 15.2. The Balaban J connectivity index is 1.95. The third-order valence-corrected chi connectivity index (χ3v) is 5.01. The summed E-state index contributed by atoms with van der Waals surface area (Å²) in [5, 5.41) is 3.79. The maximum atomic E-state index is 3.79. The maximum Gasteiger partial charge on any atom is 0.0309 e. The Kier molecular flexibility index (Phi) is 3.91. The van der Waals surface area contributed by atoms with Crippen LogP contribution in [0.2, 0.25) is 0 Å². The van der Waals surface area contributed by atoms with Gasteiger partial charge in [-0.05, 0) is 25.7 Å². The monoisotopic (exact) mass is 224 g/mol. The van der Waals surface area contributed by atoms with Crippen LogP contribution >= 0.6 is 0 Å². The van der Waals surface area contributed by atoms with Crippen molar-refractivity contribution in [3.8, 4) is 0 Å². The van der Waals surface area contributed by atoms with E-state index in [1.807, 2.05) is 0 Å². The third-order valence-electron chi connectivity index (χ3n) is 5.01. The first-order valence-corrected chi connectivity index (χ1v) is 7.16. The zero-order chi connectivity index (χ0) is 11.6. The van der Waals surface area contributed by atoms with Gasteiger partial charge in [-0.15, -0.1) is 0 Å². The fraction of sp³-hybridized carbons (Fsp3) is 1.00. The third kappa shape index (κ3) is 2.43. The molecule has 1 N–H and O–H groups in total. The minimum atomic E-state index is 0.486. The van der Waals surface area contributed by atoms with E-state index in [0.717, 1.165) is 12.0 Å². The zero-order valence-electron chi connectivity index (χ0n) is 11.3. The van der Waals surface area contributed by atoms with E-state index in [2.05, 4.69) is 31.0 Å². The van der Waals surface area contributed by atoms with Crippen LogP contribution in [0, 0.1) is 5.92 Å². The van der Waals surface area contributed by atoms with Gasteiger partial charge in [-0.25, -0.2) is 0 Å². The summed E-state index contributed by atoms with van der Waals surface area (Å²) in [7, 11) is 0. The van der Waals surface area contributed by atoms with E-state index in [1.165, 1.54) is 51.7 Å². The van der Waals surface area contributed by atoms with Crippen molar-refractivity contribution in [1.82, 2.24) is 10.2 Å². The fourth-order valence-electron chi connectivity index (χ4n) is 3.42. The molecule has 2 atom stereocenters. The summed E-state index contributed by atoms with van der Waals surface area (Å²) in [6.07, 6.45) is 6.96. The molecule has 2 rings (SSSR count). The maximum absolute atomic E-state index is 3.79. The predicted molar refractivity (Wildman–Crippen MR) is 69.7 cm³/mol. The Morgan fingerprint density at radius 3 is 2.56 bits per heavy atom. The minimum absolute atomic E-state index is 0.486. The molecule has 1 saturated carbocycles. The van der Waals surface area contributed by atoms with Gasteiger partial charge in [0.05, 0.1) is 0 Å². The molecule has 2 fully saturated rings. The second-order valence-electron chi connectivity index (χ2n) is 6.01. The number of hydrogen-bond acceptors (Lipinski definition) is 2. The lowest BCUT2D eigenvalue weighted by atomic mass is 9.91. The van der Waals surface area contributed by atoms with Gasteiger partial charge >= 0.3 is 0 Å². The van der Waals surface area contributed by atoms with Crippen LogP contribution in [-0.4, -0.2) is 36.1 Å². The molecule has 0 amide bonds. The van der Waals surface area contributed by atoms with Crippen LogP contribution in [0.15, 0.2) is 0 Å². The van der Waals surface area contributed by atoms with Gasteiger partial charge in [0.1, 0.15) is 0 Å². The van der Waals surface area contributed by atoms with Gasteiger partial charge in [0.25, 0.3) is 0 Å². The molecule has 2 aliphatic rings. The van der Waals surface area contributed by atoms with Crippen LogP contribution in [0.1, 0.15) is 52.9 Å². The van der Waals surface area contributed by atoms with Crippen molar-refractivity contribution in [2.75, 3.05) is 19.6 Å². The first-order valence-electron chi connectivity index (χ1n) is 7.16. The molecule has 16 heavy (non-hydrogen) atoms. The van der Waals surface area contributed by atoms with Crippen molar-refractivity contribution in [2.24, 2.45) is 5.92 Å². The SMILES string of the molecule is CCC(C)C(C)N1CCNC2(CCCC2)C1. The molecule has 2 unspecified atom stereocenters. The van der Waals surface area contributed by atoms with E-state index in [4.69, 9.17) is 0 Å². The summed E-state index contributed by atoms with van der Waals surface area (Å²) in [5.41, 5.74) is 0.486. The van der Waals surface area contributed by atoms with E-state index in [9.17, 15) is 0 Å². The summed E-state index contributed by atoms with van der Waals surface area (Å²) in [6.45, 7) is 10.9. The second kappa shape index (κ2) is 5.05. The van der Waals surface area contributed by atoms with Crippen molar-refractivity contribution in [3.05, 3.63) is 0 Å². The molecular weight excluding hydrogens is 196 g/mol. The van der Waals surface area contributed by atoms with Crippen molar-refractivity contribution in [2.45, 2.75) is 64.5 Å². The highest BCUT2D eigenvalue weighted by Crippen LogP contribution is 2.33. The second-order valence-corrected chi connectivity index (χ2v) is 6.01. The van der Waals surface area contributed by atoms with Gasteiger partial charge in [0.15, 0.2) is 0 Å². The normalized spacial score (nSPS) is 29.4. The van der Waals surface area contributed by atoms with Gasteiger partial charge in [-0.2, -0.15) is 0 Å². The Hall–Kier alpha value is -0.0800. The van der Waals surface area contributed by atoms with E-state index in [1.54, 1.807) is 0 Å². The van der Waals surface area contributed by atoms with E-state index >= 15 is 0 Å². The zero-order valence-corrected chi connectivity index (χ0v) is 11.3. The molecule has 94 valence electrons. The molecule has 1 aliphatic carbocycles. The molecule has 1 saturated heterocycles. The Bertz CT molecular complexity index is 221. The lowest BCUT2D eigenvalue weighted by molar-refractivity contribution is 0.0764. The molecule has 1 spiro atoms. The van der Waals surface area contributed by atoms with Gasteiger partial charge in [-0.3, -0.25) is 4.90 Å². The lowest BCUT2D eigenvalue weighted by Crippen LogP contribution is -2.61. The van der Waals surface area contributed by atoms with E-state index < -0.39 is 0 Å². The number of nitrogens with one attached hydrogen (secondary N) is 1. The van der Waals surface area contributed by atoms with Gasteiger partial charge in [0.2, 0.25) is 0 Å². The van der Waals surface area contributed by atoms with Gasteiger partial charge in [0, 0.05) is 31.2 Å². The first kappa shape index (κ1) is 12.4. The Labute approximate surface area is 101 Å². The molecular formula is C14H28N2. The van der Waals surface area contributed by atoms with Crippen LogP contribution < -0.4 is 5.32 Å². The largest absolute Gasteiger partial charge is 0.309 e. The summed E-state index contributed by atoms with van der Waals surface area (Å²) in [5.74, 6) is 0.830.